The van der Waals surface area contributed by atoms with Crippen LogP contribution in [0.4, 0.5) is 11.4 Å². The normalized spacial score (nSPS) is 13.5. The van der Waals surface area contributed by atoms with Crippen molar-refractivity contribution in [2.24, 2.45) is 4.74 Å². The van der Waals surface area contributed by atoms with Crippen LogP contribution in [0.25, 0.3) is 0 Å². The van der Waals surface area contributed by atoms with Gasteiger partial charge in [0.2, 0.25) is 7.28 Å². The summed E-state index contributed by atoms with van der Waals surface area (Å²) in [7, 11) is -2.87. The maximum atomic E-state index is 11.3. The lowest BCUT2D eigenvalue weighted by Gasteiger charge is -2.35. The molecule has 0 amide bonds. The Balaban J connectivity index is 2.35. The Hall–Kier alpha value is -1.89. The average Bonchev–Trinajstić information content (AvgIpc) is 3.08. The minimum Gasteiger partial charge on any atom is -0.457 e. The van der Waals surface area contributed by atoms with E-state index in [-0.39, 0.29) is 5.69 Å². The first-order chi connectivity index (χ1) is 14.0. The van der Waals surface area contributed by atoms with Crippen LogP contribution in [0.15, 0.2) is 72.7 Å². The predicted octanol–water partition coefficient (Wildman–Crippen LogP) is 7.97. The van der Waals surface area contributed by atoms with E-state index in [4.69, 9.17) is 13.7 Å². The summed E-state index contributed by atoms with van der Waals surface area (Å²) in [5.74, 6) is 1.37. The number of nitrogens with zero attached hydrogens (tertiary/aromatic N) is 2. The average molecular weight is 556 g/mol. The monoisotopic (exact) mass is 554 g/mol. The maximum Gasteiger partial charge on any atom is 0.271 e. The Bertz CT molecular complexity index is 1150. The molecule has 0 saturated carbocycles. The van der Waals surface area contributed by atoms with Crippen molar-refractivity contribution in [3.05, 3.63) is 79.4 Å². The van der Waals surface area contributed by atoms with E-state index in [0.717, 1.165) is 10.2 Å². The molecular weight excluding hydrogens is 535 g/mol. The maximum absolute atomic E-state index is 11.3. The molecule has 0 aliphatic rings. The molecule has 30 heavy (non-hydrogen) atoms. The molecule has 0 aliphatic heterocycles. The first-order valence-electron chi connectivity index (χ1n) is 9.10. The second-order valence-electron chi connectivity index (χ2n) is 7.67. The summed E-state index contributed by atoms with van der Waals surface area (Å²) in [6.07, 6.45) is 0. The van der Waals surface area contributed by atoms with E-state index < -0.39 is 17.4 Å². The van der Waals surface area contributed by atoms with Crippen molar-refractivity contribution in [2.75, 3.05) is 0 Å². The fourth-order valence-corrected chi connectivity index (χ4v) is 6.58. The molecule has 0 spiro atoms. The highest BCUT2D eigenvalue weighted by Crippen LogP contribution is 2.62. The van der Waals surface area contributed by atoms with Crippen LogP contribution < -0.4 is 10.0 Å². The molecule has 0 N–H and O–H groups in total. The van der Waals surface area contributed by atoms with Gasteiger partial charge in [-0.05, 0) is 59.3 Å². The molecule has 0 bridgehead atoms. The summed E-state index contributed by atoms with van der Waals surface area (Å²) in [4.78, 5) is 10.9. The van der Waals surface area contributed by atoms with Gasteiger partial charge in [0, 0.05) is 26.2 Å². The van der Waals surface area contributed by atoms with Gasteiger partial charge in [-0.2, -0.15) is 0 Å². The van der Waals surface area contributed by atoms with Crippen LogP contribution >= 0.6 is 39.1 Å². The van der Waals surface area contributed by atoms with Crippen molar-refractivity contribution >= 4 is 56.0 Å². The van der Waals surface area contributed by atoms with E-state index in [1.54, 1.807) is 6.07 Å². The first-order valence-corrected chi connectivity index (χ1v) is 12.3. The fourth-order valence-electron chi connectivity index (χ4n) is 2.84. The SMILES string of the molecule is Cc1ccc(P(=Nc2cc([N+](=O)[O-])ccc2Br)(Oc2cccc(Br)c2)C(C)(C)C)o1. The highest BCUT2D eigenvalue weighted by Gasteiger charge is 2.42. The molecule has 1 atom stereocenters. The highest BCUT2D eigenvalue weighted by atomic mass is 79.9. The van der Waals surface area contributed by atoms with Gasteiger partial charge in [0.05, 0.1) is 10.6 Å². The Morgan fingerprint density at radius 2 is 1.83 bits per heavy atom. The van der Waals surface area contributed by atoms with Crippen LogP contribution in [0.1, 0.15) is 26.5 Å². The van der Waals surface area contributed by atoms with E-state index in [1.165, 1.54) is 12.1 Å². The molecule has 3 aromatic rings. The van der Waals surface area contributed by atoms with Gasteiger partial charge >= 0.3 is 0 Å². The Kier molecular flexibility index (Phi) is 6.60. The molecule has 3 rings (SSSR count). The molecule has 0 fully saturated rings. The highest BCUT2D eigenvalue weighted by molar-refractivity contribution is 9.10. The third-order valence-corrected chi connectivity index (χ3v) is 9.15. The summed E-state index contributed by atoms with van der Waals surface area (Å²) >= 11 is 6.96. The summed E-state index contributed by atoms with van der Waals surface area (Å²) in [5.41, 5.74) is 1.02. The van der Waals surface area contributed by atoms with E-state index in [2.05, 4.69) is 31.9 Å². The molecule has 1 unspecified atom stereocenters. The van der Waals surface area contributed by atoms with Gasteiger partial charge in [-0.25, -0.2) is 4.74 Å². The zero-order valence-corrected chi connectivity index (χ0v) is 21.0. The predicted molar refractivity (Wildman–Crippen MR) is 127 cm³/mol. The molecule has 0 aliphatic carbocycles. The Morgan fingerprint density at radius 1 is 1.10 bits per heavy atom. The Morgan fingerprint density at radius 3 is 2.40 bits per heavy atom. The number of nitro benzene ring substituents is 1. The molecule has 1 aromatic heterocycles. The minimum absolute atomic E-state index is 0.0398. The molecule has 2 aromatic carbocycles. The first kappa shape index (κ1) is 22.8. The zero-order chi connectivity index (χ0) is 22.1. The van der Waals surface area contributed by atoms with Crippen LogP contribution in [0, 0.1) is 17.0 Å². The smallest absolute Gasteiger partial charge is 0.271 e. The largest absolute Gasteiger partial charge is 0.457 e. The molecule has 158 valence electrons. The van der Waals surface area contributed by atoms with E-state index >= 15 is 0 Å². The van der Waals surface area contributed by atoms with E-state index in [0.29, 0.717) is 21.4 Å². The van der Waals surface area contributed by atoms with Gasteiger partial charge in [-0.3, -0.25) is 10.1 Å². The number of furan rings is 1. The van der Waals surface area contributed by atoms with E-state index in [1.807, 2.05) is 64.1 Å². The van der Waals surface area contributed by atoms with Gasteiger partial charge in [-0.1, -0.05) is 42.8 Å². The lowest BCUT2D eigenvalue weighted by atomic mass is 10.3. The molecule has 1 heterocycles. The molecule has 0 saturated heterocycles. The quantitative estimate of drug-likeness (QED) is 0.182. The van der Waals surface area contributed by atoms with Crippen molar-refractivity contribution in [3.8, 4) is 5.75 Å². The number of aryl methyl sites for hydroxylation is 1. The summed E-state index contributed by atoms with van der Waals surface area (Å²) in [6.45, 7) is 7.96. The van der Waals surface area contributed by atoms with Crippen molar-refractivity contribution < 1.29 is 13.9 Å². The van der Waals surface area contributed by atoms with Crippen molar-refractivity contribution in [3.63, 3.8) is 0 Å². The van der Waals surface area contributed by atoms with Crippen LogP contribution in [-0.4, -0.2) is 10.1 Å². The van der Waals surface area contributed by atoms with Crippen LogP contribution in [0.5, 0.6) is 5.75 Å². The number of hydrogen-bond donors (Lipinski definition) is 0. The second-order valence-corrected chi connectivity index (χ2v) is 12.8. The van der Waals surface area contributed by atoms with Crippen LogP contribution in [0.2, 0.25) is 0 Å². The number of non-ortho nitro benzene ring substituents is 1. The Labute approximate surface area is 192 Å². The van der Waals surface area contributed by atoms with Crippen molar-refractivity contribution in [1.29, 1.82) is 0 Å². The standard InChI is InChI=1S/C21H21Br2N2O4P/c1-14-8-11-20(28-14)30(21(2,3)4,29-17-7-5-6-15(22)12-17)24-19-13-16(25(26)27)9-10-18(19)23/h5-13H,1-4H3. The van der Waals surface area contributed by atoms with Crippen molar-refractivity contribution in [2.45, 2.75) is 32.9 Å². The lowest BCUT2D eigenvalue weighted by molar-refractivity contribution is -0.384. The number of nitro groups is 1. The molecular formula is C21H21Br2N2O4P. The summed E-state index contributed by atoms with van der Waals surface area (Å²) in [6, 6.07) is 15.8. The molecule has 0 radical (unpaired) electrons. The second kappa shape index (κ2) is 8.69. The topological polar surface area (TPSA) is 77.9 Å². The third kappa shape index (κ3) is 4.71. The third-order valence-electron chi connectivity index (χ3n) is 4.36. The van der Waals surface area contributed by atoms with Crippen LogP contribution in [-0.2, 0) is 0 Å². The minimum atomic E-state index is -2.87. The van der Waals surface area contributed by atoms with Gasteiger partial charge in [0.15, 0.2) is 5.50 Å². The van der Waals surface area contributed by atoms with Gasteiger partial charge in [0.25, 0.3) is 5.69 Å². The lowest BCUT2D eigenvalue weighted by Crippen LogP contribution is -2.26. The molecule has 6 nitrogen and oxygen atoms in total. The van der Waals surface area contributed by atoms with Gasteiger partial charge in [-0.15, -0.1) is 0 Å². The summed E-state index contributed by atoms with van der Waals surface area (Å²) in [5, 5.41) is 10.9. The van der Waals surface area contributed by atoms with Gasteiger partial charge in [0.1, 0.15) is 11.5 Å². The zero-order valence-electron chi connectivity index (χ0n) is 16.9. The number of rotatable bonds is 5. The summed E-state index contributed by atoms with van der Waals surface area (Å²) < 4.78 is 19.2. The van der Waals surface area contributed by atoms with E-state index in [9.17, 15) is 10.1 Å². The number of halogens is 2. The molecule has 9 heteroatoms. The van der Waals surface area contributed by atoms with Crippen LogP contribution in [0.3, 0.4) is 0 Å². The van der Waals surface area contributed by atoms with Gasteiger partial charge < -0.3 is 8.94 Å². The van der Waals surface area contributed by atoms with Crippen molar-refractivity contribution in [1.82, 2.24) is 0 Å². The fraction of sp³-hybridized carbons (Fsp3) is 0.238. The number of benzene rings is 2. The number of hydrogen-bond acceptors (Lipinski definition) is 5.